The van der Waals surface area contributed by atoms with E-state index in [2.05, 4.69) is 36.1 Å². The first-order valence-corrected chi connectivity index (χ1v) is 13.2. The summed E-state index contributed by atoms with van der Waals surface area (Å²) < 4.78 is 0. The molecular formula is C26H33N3OS. The largest absolute Gasteiger partial charge is 0.342 e. The Morgan fingerprint density at radius 1 is 1.10 bits per heavy atom. The van der Waals surface area contributed by atoms with Crippen molar-refractivity contribution in [3.63, 3.8) is 0 Å². The van der Waals surface area contributed by atoms with Crippen molar-refractivity contribution in [2.75, 3.05) is 18.8 Å². The summed E-state index contributed by atoms with van der Waals surface area (Å²) in [6.45, 7) is 4.07. The molecule has 4 saturated carbocycles. The minimum Gasteiger partial charge on any atom is -0.342 e. The van der Waals surface area contributed by atoms with Crippen molar-refractivity contribution in [1.82, 2.24) is 14.9 Å². The van der Waals surface area contributed by atoms with Gasteiger partial charge in [0.25, 0.3) is 0 Å². The van der Waals surface area contributed by atoms with Gasteiger partial charge in [0.05, 0.1) is 11.3 Å². The van der Waals surface area contributed by atoms with Crippen LogP contribution in [0.4, 0.5) is 0 Å². The van der Waals surface area contributed by atoms with E-state index < -0.39 is 0 Å². The smallest absolute Gasteiger partial charge is 0.232 e. The van der Waals surface area contributed by atoms with Crippen molar-refractivity contribution >= 4 is 28.6 Å². The molecule has 5 aliphatic rings. The summed E-state index contributed by atoms with van der Waals surface area (Å²) in [5.74, 6) is 5.06. The van der Waals surface area contributed by atoms with E-state index in [1.165, 1.54) is 44.9 Å². The van der Waals surface area contributed by atoms with Gasteiger partial charge in [0.15, 0.2) is 0 Å². The molecular weight excluding hydrogens is 402 g/mol. The van der Waals surface area contributed by atoms with E-state index in [1.54, 1.807) is 11.8 Å². The molecule has 4 nitrogen and oxygen atoms in total. The fourth-order valence-electron chi connectivity index (χ4n) is 7.42. The number of para-hydroxylation sites is 1. The fraction of sp³-hybridized carbons (Fsp3) is 0.654. The average molecular weight is 436 g/mol. The normalized spacial score (nSPS) is 34.4. The van der Waals surface area contributed by atoms with Crippen molar-refractivity contribution in [2.45, 2.75) is 68.7 Å². The number of thioether (sulfide) groups is 1. The highest BCUT2D eigenvalue weighted by atomic mass is 32.2. The van der Waals surface area contributed by atoms with Gasteiger partial charge in [0.1, 0.15) is 10.9 Å². The molecule has 4 bridgehead atoms. The molecule has 1 aromatic carbocycles. The summed E-state index contributed by atoms with van der Waals surface area (Å²) in [7, 11) is 0. The van der Waals surface area contributed by atoms with Crippen LogP contribution >= 0.6 is 11.8 Å². The molecule has 5 heteroatoms. The first kappa shape index (κ1) is 20.0. The van der Waals surface area contributed by atoms with Crippen LogP contribution in [0.1, 0.15) is 64.1 Å². The van der Waals surface area contributed by atoms with Gasteiger partial charge in [0, 0.05) is 23.9 Å². The standard InChI is InChI=1S/C26H33N3OS/c1-17-5-4-8-29(15-17)23(30)16-31-24-21-6-2-3-7-22(21)27-25(28-24)26-12-18-9-19(13-26)11-20(10-18)14-26/h2-3,6-7,17-20H,4-5,8-16H2,1H3/t17-,18?,19?,20?,26?/m0/s1. The summed E-state index contributed by atoms with van der Waals surface area (Å²) in [5.41, 5.74) is 1.23. The highest BCUT2D eigenvalue weighted by molar-refractivity contribution is 8.00. The van der Waals surface area contributed by atoms with Crippen molar-refractivity contribution < 1.29 is 4.79 Å². The predicted molar refractivity (Wildman–Crippen MR) is 125 cm³/mol. The maximum absolute atomic E-state index is 12.9. The van der Waals surface area contributed by atoms with E-state index in [9.17, 15) is 4.79 Å². The van der Waals surface area contributed by atoms with E-state index in [-0.39, 0.29) is 11.3 Å². The fourth-order valence-corrected chi connectivity index (χ4v) is 8.34. The highest BCUT2D eigenvalue weighted by Crippen LogP contribution is 2.60. The maximum atomic E-state index is 12.9. The molecule has 0 spiro atoms. The monoisotopic (exact) mass is 435 g/mol. The number of benzene rings is 1. The van der Waals surface area contributed by atoms with Crippen LogP contribution in [0.15, 0.2) is 29.3 Å². The summed E-state index contributed by atoms with van der Waals surface area (Å²) in [6.07, 6.45) is 10.5. The minimum atomic E-state index is 0.181. The Morgan fingerprint density at radius 2 is 1.81 bits per heavy atom. The lowest BCUT2D eigenvalue weighted by Gasteiger charge is -2.56. The third-order valence-electron chi connectivity index (χ3n) is 8.42. The second kappa shape index (κ2) is 7.75. The zero-order valence-electron chi connectivity index (χ0n) is 18.6. The number of rotatable bonds is 4. The highest BCUT2D eigenvalue weighted by Gasteiger charge is 2.53. The number of nitrogens with zero attached hydrogens (tertiary/aromatic N) is 3. The molecule has 1 aromatic heterocycles. The van der Waals surface area contributed by atoms with E-state index in [1.807, 2.05) is 0 Å². The van der Waals surface area contributed by atoms with Gasteiger partial charge in [-0.15, -0.1) is 0 Å². The van der Waals surface area contributed by atoms with Gasteiger partial charge in [-0.3, -0.25) is 4.79 Å². The Morgan fingerprint density at radius 3 is 2.52 bits per heavy atom. The molecule has 2 heterocycles. The zero-order valence-corrected chi connectivity index (χ0v) is 19.4. The number of amides is 1. The Bertz CT molecular complexity index is 970. The Kier molecular flexibility index (Phi) is 5.01. The van der Waals surface area contributed by atoms with E-state index in [0.29, 0.717) is 11.7 Å². The molecule has 1 amide bonds. The van der Waals surface area contributed by atoms with Crippen molar-refractivity contribution in [3.05, 3.63) is 30.1 Å². The van der Waals surface area contributed by atoms with Gasteiger partial charge in [-0.25, -0.2) is 9.97 Å². The van der Waals surface area contributed by atoms with Crippen LogP contribution in [-0.2, 0) is 10.2 Å². The lowest BCUT2D eigenvalue weighted by molar-refractivity contribution is -0.130. The van der Waals surface area contributed by atoms with Gasteiger partial charge < -0.3 is 4.90 Å². The second-order valence-electron chi connectivity index (χ2n) is 10.9. The number of piperidine rings is 1. The lowest BCUT2D eigenvalue weighted by atomic mass is 9.49. The molecule has 0 N–H and O–H groups in total. The van der Waals surface area contributed by atoms with Crippen LogP contribution in [-0.4, -0.2) is 39.6 Å². The van der Waals surface area contributed by atoms with Crippen LogP contribution in [0.3, 0.4) is 0 Å². The summed E-state index contributed by atoms with van der Waals surface area (Å²) in [4.78, 5) is 25.3. The quantitative estimate of drug-likeness (QED) is 0.473. The third-order valence-corrected chi connectivity index (χ3v) is 9.40. The van der Waals surface area contributed by atoms with Crippen LogP contribution in [0.5, 0.6) is 0 Å². The van der Waals surface area contributed by atoms with E-state index >= 15 is 0 Å². The predicted octanol–water partition coefficient (Wildman–Crippen LogP) is 5.45. The Balaban J connectivity index is 1.30. The number of hydrogen-bond donors (Lipinski definition) is 0. The number of fused-ring (bicyclic) bond motifs is 1. The number of aromatic nitrogens is 2. The summed E-state index contributed by atoms with van der Waals surface area (Å²) >= 11 is 1.63. The van der Waals surface area contributed by atoms with Crippen molar-refractivity contribution in [3.8, 4) is 0 Å². The molecule has 0 unspecified atom stereocenters. The Hall–Kier alpha value is -1.62. The first-order chi connectivity index (χ1) is 15.1. The number of hydrogen-bond acceptors (Lipinski definition) is 4. The molecule has 4 aliphatic carbocycles. The van der Waals surface area contributed by atoms with Crippen LogP contribution in [0.2, 0.25) is 0 Å². The molecule has 164 valence electrons. The Labute approximate surface area is 189 Å². The molecule has 0 radical (unpaired) electrons. The van der Waals surface area contributed by atoms with Crippen molar-refractivity contribution in [2.24, 2.45) is 23.7 Å². The number of carbonyl (C=O) groups excluding carboxylic acids is 1. The molecule has 5 fully saturated rings. The van der Waals surface area contributed by atoms with Gasteiger partial charge in [-0.1, -0.05) is 36.9 Å². The van der Waals surface area contributed by atoms with Crippen LogP contribution < -0.4 is 0 Å². The maximum Gasteiger partial charge on any atom is 0.232 e. The van der Waals surface area contributed by atoms with Crippen LogP contribution in [0.25, 0.3) is 10.9 Å². The minimum absolute atomic E-state index is 0.181. The zero-order chi connectivity index (χ0) is 21.0. The SMILES string of the molecule is C[C@H]1CCCN(C(=O)CSc2nc(C34CC5CC(CC(C5)C3)C4)nc3ccccc23)C1. The first-order valence-electron chi connectivity index (χ1n) is 12.3. The van der Waals surface area contributed by atoms with Crippen LogP contribution in [0, 0.1) is 23.7 Å². The summed E-state index contributed by atoms with van der Waals surface area (Å²) in [5, 5.41) is 2.11. The summed E-state index contributed by atoms with van der Waals surface area (Å²) in [6, 6.07) is 8.38. The lowest BCUT2D eigenvalue weighted by Crippen LogP contribution is -2.49. The topological polar surface area (TPSA) is 46.1 Å². The van der Waals surface area contributed by atoms with Gasteiger partial charge in [0.2, 0.25) is 5.91 Å². The molecule has 1 aliphatic heterocycles. The van der Waals surface area contributed by atoms with Gasteiger partial charge in [-0.2, -0.15) is 0 Å². The average Bonchev–Trinajstić information content (AvgIpc) is 2.76. The molecule has 2 aromatic rings. The molecule has 7 rings (SSSR count). The van der Waals surface area contributed by atoms with Gasteiger partial charge in [-0.05, 0) is 81.1 Å². The molecule has 31 heavy (non-hydrogen) atoms. The van der Waals surface area contributed by atoms with E-state index in [0.717, 1.165) is 59.0 Å². The number of carbonyl (C=O) groups is 1. The van der Waals surface area contributed by atoms with Gasteiger partial charge >= 0.3 is 0 Å². The molecule has 1 saturated heterocycles. The second-order valence-corrected chi connectivity index (χ2v) is 11.9. The van der Waals surface area contributed by atoms with E-state index in [4.69, 9.17) is 9.97 Å². The molecule has 1 atom stereocenters. The van der Waals surface area contributed by atoms with Crippen molar-refractivity contribution in [1.29, 1.82) is 0 Å². The number of likely N-dealkylation sites (tertiary alicyclic amines) is 1. The third kappa shape index (κ3) is 3.67.